The molecule has 178 valence electrons. The molecule has 1 aromatic rings. The summed E-state index contributed by atoms with van der Waals surface area (Å²) < 4.78 is 0. The molecule has 0 aliphatic carbocycles. The van der Waals surface area contributed by atoms with Crippen LogP contribution in [0.1, 0.15) is 30.9 Å². The Bertz CT molecular complexity index is 795. The second kappa shape index (κ2) is 13.1. The molecule has 2 amide bonds. The first kappa shape index (κ1) is 26.5. The average Bonchev–Trinajstić information content (AvgIpc) is 2.80. The third-order valence-corrected chi connectivity index (χ3v) is 6.74. The van der Waals surface area contributed by atoms with Gasteiger partial charge in [-0.15, -0.1) is 0 Å². The molecule has 1 aromatic carbocycles. The molecule has 0 spiro atoms. The number of carboxylic acid groups (broad SMARTS) is 1. The second-order valence-electron chi connectivity index (χ2n) is 7.95. The quantitative estimate of drug-likeness (QED) is 0.280. The van der Waals surface area contributed by atoms with E-state index in [0.29, 0.717) is 43.9 Å². The molecule has 1 aliphatic rings. The highest BCUT2D eigenvalue weighted by molar-refractivity contribution is 7.98. The Morgan fingerprint density at radius 1 is 1.28 bits per heavy atom. The normalized spacial score (nSPS) is 18.4. The van der Waals surface area contributed by atoms with Crippen LogP contribution in [0, 0.1) is 0 Å². The maximum atomic E-state index is 13.5. The van der Waals surface area contributed by atoms with Gasteiger partial charge in [0.25, 0.3) is 0 Å². The Morgan fingerprint density at radius 2 is 1.97 bits per heavy atom. The number of aliphatic carboxylic acids is 1. The Hall–Kier alpha value is -1.75. The number of carboxylic acids is 1. The highest BCUT2D eigenvalue weighted by Gasteiger charge is 2.38. The molecule has 1 heterocycles. The van der Waals surface area contributed by atoms with Gasteiger partial charge in [-0.05, 0) is 36.0 Å². The van der Waals surface area contributed by atoms with Gasteiger partial charge in [0, 0.05) is 31.3 Å². The molecule has 0 unspecified atom stereocenters. The molecule has 4 atom stereocenters. The molecule has 32 heavy (non-hydrogen) atoms. The van der Waals surface area contributed by atoms with Crippen molar-refractivity contribution in [3.05, 3.63) is 35.4 Å². The summed E-state index contributed by atoms with van der Waals surface area (Å²) in [6.07, 6.45) is 3.09. The van der Waals surface area contributed by atoms with E-state index in [-0.39, 0.29) is 11.9 Å². The predicted molar refractivity (Wildman–Crippen MR) is 131 cm³/mol. The minimum atomic E-state index is -1.07. The summed E-state index contributed by atoms with van der Waals surface area (Å²) in [5.74, 6) is -0.601. The van der Waals surface area contributed by atoms with Crippen LogP contribution >= 0.6 is 24.4 Å². The lowest BCUT2D eigenvalue weighted by Crippen LogP contribution is -2.59. The zero-order chi connectivity index (χ0) is 23.7. The van der Waals surface area contributed by atoms with E-state index in [1.807, 2.05) is 37.4 Å². The van der Waals surface area contributed by atoms with Crippen LogP contribution in [0.15, 0.2) is 24.3 Å². The molecule has 10 heteroatoms. The van der Waals surface area contributed by atoms with Gasteiger partial charge in [0.15, 0.2) is 0 Å². The number of carbonyl (C=O) groups is 3. The number of benzene rings is 1. The van der Waals surface area contributed by atoms with Gasteiger partial charge in [-0.25, -0.2) is 4.79 Å². The number of carbonyl (C=O) groups excluding carboxylic acids is 2. The van der Waals surface area contributed by atoms with Crippen LogP contribution in [0.25, 0.3) is 0 Å². The molecule has 0 bridgehead atoms. The minimum absolute atomic E-state index is 0.186. The van der Waals surface area contributed by atoms with Crippen molar-refractivity contribution < 1.29 is 19.5 Å². The molecule has 5 N–H and O–H groups in total. The van der Waals surface area contributed by atoms with Gasteiger partial charge >= 0.3 is 5.97 Å². The van der Waals surface area contributed by atoms with E-state index >= 15 is 0 Å². The summed E-state index contributed by atoms with van der Waals surface area (Å²) in [6, 6.07) is 5.27. The van der Waals surface area contributed by atoms with Crippen molar-refractivity contribution in [3.8, 4) is 0 Å². The summed E-state index contributed by atoms with van der Waals surface area (Å²) in [4.78, 5) is 39.9. The van der Waals surface area contributed by atoms with Gasteiger partial charge in [-0.1, -0.05) is 31.2 Å². The lowest BCUT2D eigenvalue weighted by molar-refractivity contribution is -0.146. The Morgan fingerprint density at radius 3 is 2.56 bits per heavy atom. The summed E-state index contributed by atoms with van der Waals surface area (Å²) in [6.45, 7) is 2.63. The third kappa shape index (κ3) is 7.13. The SMILES string of the molecule is CC[C@H](NC[C@@H](N)CS)C(=O)N1Cc2ccccc2C[C@H]1C(=O)N[C@H](CCSC)C(=O)O. The molecule has 0 aromatic heterocycles. The van der Waals surface area contributed by atoms with E-state index in [9.17, 15) is 19.5 Å². The molecule has 0 fully saturated rings. The second-order valence-corrected chi connectivity index (χ2v) is 9.30. The molecule has 0 saturated carbocycles. The number of rotatable bonds is 12. The van der Waals surface area contributed by atoms with Crippen LogP contribution < -0.4 is 16.4 Å². The lowest BCUT2D eigenvalue weighted by atomic mass is 9.92. The molecule has 8 nitrogen and oxygen atoms in total. The summed E-state index contributed by atoms with van der Waals surface area (Å²) in [5, 5.41) is 15.4. The smallest absolute Gasteiger partial charge is 0.326 e. The molecule has 1 aliphatic heterocycles. The van der Waals surface area contributed by atoms with Gasteiger partial charge in [0.05, 0.1) is 6.04 Å². The van der Waals surface area contributed by atoms with Gasteiger partial charge in [-0.3, -0.25) is 9.59 Å². The van der Waals surface area contributed by atoms with Gasteiger partial charge < -0.3 is 26.4 Å². The number of nitrogens with zero attached hydrogens (tertiary/aromatic N) is 1. The number of fused-ring (bicyclic) bond motifs is 1. The molecule has 2 rings (SSSR count). The van der Waals surface area contributed by atoms with Crippen molar-refractivity contribution >= 4 is 42.2 Å². The average molecular weight is 483 g/mol. The van der Waals surface area contributed by atoms with Crippen molar-refractivity contribution in [2.45, 2.75) is 56.9 Å². The first-order chi connectivity index (χ1) is 15.3. The number of hydrogen-bond donors (Lipinski definition) is 5. The minimum Gasteiger partial charge on any atom is -0.480 e. The number of nitrogens with one attached hydrogen (secondary N) is 2. The van der Waals surface area contributed by atoms with Crippen molar-refractivity contribution in [1.29, 1.82) is 0 Å². The first-order valence-corrected chi connectivity index (χ1v) is 12.8. The van der Waals surface area contributed by atoms with Crippen molar-refractivity contribution in [2.24, 2.45) is 5.73 Å². The summed E-state index contributed by atoms with van der Waals surface area (Å²) in [5.41, 5.74) is 7.91. The van der Waals surface area contributed by atoms with Crippen LogP contribution in [0.5, 0.6) is 0 Å². The molecule has 0 saturated heterocycles. The van der Waals surface area contributed by atoms with E-state index in [1.165, 1.54) is 11.8 Å². The largest absolute Gasteiger partial charge is 0.480 e. The van der Waals surface area contributed by atoms with Crippen LogP contribution in [-0.2, 0) is 27.3 Å². The number of hydrogen-bond acceptors (Lipinski definition) is 7. The van der Waals surface area contributed by atoms with Crippen molar-refractivity contribution in [3.63, 3.8) is 0 Å². The Kier molecular flexibility index (Phi) is 10.8. The molecular formula is C22H34N4O4S2. The fraction of sp³-hybridized carbons (Fsp3) is 0.591. The summed E-state index contributed by atoms with van der Waals surface area (Å²) >= 11 is 5.70. The topological polar surface area (TPSA) is 125 Å². The number of amides is 2. The van der Waals surface area contributed by atoms with Crippen molar-refractivity contribution in [2.75, 3.05) is 24.3 Å². The third-order valence-electron chi connectivity index (χ3n) is 5.63. The van der Waals surface area contributed by atoms with E-state index < -0.39 is 30.0 Å². The van der Waals surface area contributed by atoms with Gasteiger partial charge in [0.2, 0.25) is 11.8 Å². The van der Waals surface area contributed by atoms with Gasteiger partial charge in [-0.2, -0.15) is 24.4 Å². The van der Waals surface area contributed by atoms with Crippen LogP contribution in [0.2, 0.25) is 0 Å². The van der Waals surface area contributed by atoms with E-state index in [0.717, 1.165) is 11.1 Å². The maximum absolute atomic E-state index is 13.5. The Labute approximate surface area is 199 Å². The zero-order valence-electron chi connectivity index (χ0n) is 18.6. The monoisotopic (exact) mass is 482 g/mol. The molecule has 0 radical (unpaired) electrons. The van der Waals surface area contributed by atoms with Crippen molar-refractivity contribution in [1.82, 2.24) is 15.5 Å². The maximum Gasteiger partial charge on any atom is 0.326 e. The fourth-order valence-electron chi connectivity index (χ4n) is 3.71. The highest BCUT2D eigenvalue weighted by atomic mass is 32.2. The van der Waals surface area contributed by atoms with E-state index in [1.54, 1.807) is 4.90 Å². The first-order valence-electron chi connectivity index (χ1n) is 10.8. The van der Waals surface area contributed by atoms with Crippen LogP contribution in [0.3, 0.4) is 0 Å². The number of thioether (sulfide) groups is 1. The van der Waals surface area contributed by atoms with E-state index in [2.05, 4.69) is 23.3 Å². The Balaban J connectivity index is 2.25. The number of thiol groups is 1. The highest BCUT2D eigenvalue weighted by Crippen LogP contribution is 2.25. The van der Waals surface area contributed by atoms with Gasteiger partial charge in [0.1, 0.15) is 12.1 Å². The fourth-order valence-corrected chi connectivity index (χ4v) is 4.31. The summed E-state index contributed by atoms with van der Waals surface area (Å²) in [7, 11) is 0. The zero-order valence-corrected chi connectivity index (χ0v) is 20.3. The predicted octanol–water partition coefficient (Wildman–Crippen LogP) is 0.888. The molecular weight excluding hydrogens is 448 g/mol. The van der Waals surface area contributed by atoms with Crippen LogP contribution in [-0.4, -0.2) is 76.3 Å². The van der Waals surface area contributed by atoms with Crippen LogP contribution in [0.4, 0.5) is 0 Å². The standard InChI is InChI=1S/C22H34N4O4S2/c1-3-17(24-11-16(23)13-31)21(28)26-12-15-7-5-4-6-14(15)10-19(26)20(27)25-18(22(29)30)8-9-32-2/h4-7,16-19,24,31H,3,8-13,23H2,1-2H3,(H,25,27)(H,29,30)/t16-,17+,18-,19+/m1/s1. The van der Waals surface area contributed by atoms with E-state index in [4.69, 9.17) is 5.73 Å². The number of nitrogens with two attached hydrogens (primary N) is 1. The lowest BCUT2D eigenvalue weighted by Gasteiger charge is -2.38.